The highest BCUT2D eigenvalue weighted by Crippen LogP contribution is 2.31. The van der Waals surface area contributed by atoms with Crippen molar-refractivity contribution in [2.45, 2.75) is 19.9 Å². The molecule has 0 spiro atoms. The Bertz CT molecular complexity index is 1240. The second kappa shape index (κ2) is 8.51. The second-order valence-corrected chi connectivity index (χ2v) is 7.71. The number of benzene rings is 2. The van der Waals surface area contributed by atoms with Gasteiger partial charge in [-0.15, -0.1) is 11.3 Å². The van der Waals surface area contributed by atoms with Crippen molar-refractivity contribution in [1.82, 2.24) is 9.55 Å². The lowest BCUT2D eigenvalue weighted by Crippen LogP contribution is -2.27. The quantitative estimate of drug-likeness (QED) is 0.505. The van der Waals surface area contributed by atoms with Crippen LogP contribution in [0.5, 0.6) is 5.75 Å². The molecular weight excluding hydrogens is 398 g/mol. The lowest BCUT2D eigenvalue weighted by molar-refractivity contribution is -0.116. The summed E-state index contributed by atoms with van der Waals surface area (Å²) in [6.45, 7) is 1.99. The smallest absolute Gasteiger partial charge is 0.271 e. The molecule has 6 nitrogen and oxygen atoms in total. The molecule has 0 atom stereocenters. The van der Waals surface area contributed by atoms with Crippen molar-refractivity contribution in [2.24, 2.45) is 0 Å². The van der Waals surface area contributed by atoms with E-state index in [4.69, 9.17) is 4.74 Å². The zero-order chi connectivity index (χ0) is 21.1. The molecule has 2 aromatic heterocycles. The maximum Gasteiger partial charge on any atom is 0.271 e. The first kappa shape index (κ1) is 19.8. The number of aryl methyl sites for hydroxylation is 1. The number of nitrogens with zero attached hydrogens (tertiary/aromatic N) is 2. The van der Waals surface area contributed by atoms with Crippen LogP contribution in [-0.2, 0) is 17.8 Å². The summed E-state index contributed by atoms with van der Waals surface area (Å²) in [5.41, 5.74) is 4.17. The van der Waals surface area contributed by atoms with Crippen LogP contribution in [0.3, 0.4) is 0 Å². The van der Waals surface area contributed by atoms with Crippen LogP contribution < -0.4 is 15.6 Å². The van der Waals surface area contributed by atoms with Crippen molar-refractivity contribution < 1.29 is 9.53 Å². The lowest BCUT2D eigenvalue weighted by Gasteiger charge is -2.08. The molecule has 0 saturated heterocycles. The van der Waals surface area contributed by atoms with Crippen molar-refractivity contribution >= 4 is 33.1 Å². The largest absolute Gasteiger partial charge is 0.497 e. The van der Waals surface area contributed by atoms with E-state index < -0.39 is 0 Å². The zero-order valence-electron chi connectivity index (χ0n) is 16.7. The third kappa shape index (κ3) is 3.97. The first-order chi connectivity index (χ1) is 14.6. The van der Waals surface area contributed by atoms with Gasteiger partial charge in [-0.2, -0.15) is 0 Å². The summed E-state index contributed by atoms with van der Waals surface area (Å²) >= 11 is 1.34. The Morgan fingerprint density at radius 1 is 1.13 bits per heavy atom. The Kier molecular flexibility index (Phi) is 5.63. The molecule has 2 aromatic carbocycles. The highest BCUT2D eigenvalue weighted by molar-refractivity contribution is 7.17. The van der Waals surface area contributed by atoms with Crippen molar-refractivity contribution in [2.75, 3.05) is 12.4 Å². The molecule has 7 heteroatoms. The van der Waals surface area contributed by atoms with Crippen LogP contribution >= 0.6 is 11.3 Å². The molecule has 0 unspecified atom stereocenters. The first-order valence-electron chi connectivity index (χ1n) is 9.59. The van der Waals surface area contributed by atoms with E-state index in [1.54, 1.807) is 7.11 Å². The van der Waals surface area contributed by atoms with Crippen LogP contribution in [0.4, 0.5) is 5.69 Å². The number of nitrogens with one attached hydrogen (secondary N) is 1. The first-order valence-corrected chi connectivity index (χ1v) is 10.5. The van der Waals surface area contributed by atoms with Gasteiger partial charge in [-0.25, -0.2) is 4.98 Å². The number of carbonyl (C=O) groups is 1. The average Bonchev–Trinajstić information content (AvgIpc) is 3.21. The van der Waals surface area contributed by atoms with E-state index in [1.165, 1.54) is 27.8 Å². The summed E-state index contributed by atoms with van der Waals surface area (Å²) < 4.78 is 7.07. The molecule has 4 aromatic rings. The van der Waals surface area contributed by atoms with Gasteiger partial charge in [0.15, 0.2) is 0 Å². The van der Waals surface area contributed by atoms with Gasteiger partial charge in [-0.1, -0.05) is 31.2 Å². The normalized spacial score (nSPS) is 10.9. The average molecular weight is 420 g/mol. The number of fused-ring (bicyclic) bond motifs is 1. The van der Waals surface area contributed by atoms with E-state index in [-0.39, 0.29) is 18.0 Å². The third-order valence-corrected chi connectivity index (χ3v) is 5.86. The molecule has 1 amide bonds. The number of ether oxygens (including phenoxy) is 1. The standard InChI is InChI=1S/C23H21N3O3S/c1-3-15-4-8-17(9-5-15)25-20(27)12-26-14-24-21-19(13-30-22(21)23(26)28)16-6-10-18(29-2)11-7-16/h4-11,13-14H,3,12H2,1-2H3,(H,25,27). The number of carbonyl (C=O) groups excluding carboxylic acids is 1. The van der Waals surface area contributed by atoms with E-state index >= 15 is 0 Å². The molecule has 0 saturated carbocycles. The SMILES string of the molecule is CCc1ccc(NC(=O)Cn2cnc3c(-c4ccc(OC)cc4)csc3c2=O)cc1. The molecule has 0 radical (unpaired) electrons. The minimum Gasteiger partial charge on any atom is -0.497 e. The Balaban J connectivity index is 1.56. The van der Waals surface area contributed by atoms with Crippen LogP contribution in [0.1, 0.15) is 12.5 Å². The number of rotatable bonds is 6. The summed E-state index contributed by atoms with van der Waals surface area (Å²) in [6, 6.07) is 15.3. The summed E-state index contributed by atoms with van der Waals surface area (Å²) in [5.74, 6) is 0.498. The Morgan fingerprint density at radius 3 is 2.53 bits per heavy atom. The molecule has 2 heterocycles. The molecule has 1 N–H and O–H groups in total. The lowest BCUT2D eigenvalue weighted by atomic mass is 10.1. The maximum atomic E-state index is 12.9. The highest BCUT2D eigenvalue weighted by atomic mass is 32.1. The maximum absolute atomic E-state index is 12.9. The fraction of sp³-hybridized carbons (Fsp3) is 0.174. The molecule has 0 fully saturated rings. The van der Waals surface area contributed by atoms with Crippen molar-refractivity contribution in [1.29, 1.82) is 0 Å². The minimum atomic E-state index is -0.269. The topological polar surface area (TPSA) is 73.2 Å². The van der Waals surface area contributed by atoms with E-state index in [0.717, 1.165) is 23.3 Å². The predicted octanol–water partition coefficient (Wildman–Crippen LogP) is 4.33. The van der Waals surface area contributed by atoms with Gasteiger partial charge in [0.1, 0.15) is 17.0 Å². The Morgan fingerprint density at radius 2 is 1.87 bits per heavy atom. The number of anilines is 1. The van der Waals surface area contributed by atoms with E-state index in [9.17, 15) is 9.59 Å². The van der Waals surface area contributed by atoms with Crippen LogP contribution in [0.15, 0.2) is 65.0 Å². The monoisotopic (exact) mass is 419 g/mol. The summed E-state index contributed by atoms with van der Waals surface area (Å²) in [5, 5.41) is 4.74. The van der Waals surface area contributed by atoms with Crippen LogP contribution in [0.2, 0.25) is 0 Å². The fourth-order valence-electron chi connectivity index (χ4n) is 3.21. The zero-order valence-corrected chi connectivity index (χ0v) is 17.5. The van der Waals surface area contributed by atoms with Gasteiger partial charge in [0.2, 0.25) is 5.91 Å². The van der Waals surface area contributed by atoms with Gasteiger partial charge in [-0.05, 0) is 41.8 Å². The van der Waals surface area contributed by atoms with Gasteiger partial charge in [0.25, 0.3) is 5.56 Å². The second-order valence-electron chi connectivity index (χ2n) is 6.83. The summed E-state index contributed by atoms with van der Waals surface area (Å²) in [6.07, 6.45) is 2.37. The highest BCUT2D eigenvalue weighted by Gasteiger charge is 2.14. The molecule has 4 rings (SSSR count). The number of hydrogen-bond donors (Lipinski definition) is 1. The van der Waals surface area contributed by atoms with Gasteiger partial charge in [0, 0.05) is 16.6 Å². The summed E-state index contributed by atoms with van der Waals surface area (Å²) in [4.78, 5) is 29.7. The number of thiophene rings is 1. The number of aromatic nitrogens is 2. The van der Waals surface area contributed by atoms with Crippen molar-refractivity contribution in [3.63, 3.8) is 0 Å². The van der Waals surface area contributed by atoms with Crippen LogP contribution in [0.25, 0.3) is 21.3 Å². The number of amides is 1. The molecule has 152 valence electrons. The van der Waals surface area contributed by atoms with Crippen molar-refractivity contribution in [3.05, 3.63) is 76.2 Å². The summed E-state index contributed by atoms with van der Waals surface area (Å²) in [7, 11) is 1.62. The molecule has 30 heavy (non-hydrogen) atoms. The van der Waals surface area contributed by atoms with Gasteiger partial charge < -0.3 is 10.1 Å². The van der Waals surface area contributed by atoms with E-state index in [2.05, 4.69) is 17.2 Å². The van der Waals surface area contributed by atoms with Crippen LogP contribution in [0, 0.1) is 0 Å². The molecular formula is C23H21N3O3S. The van der Waals surface area contributed by atoms with Crippen LogP contribution in [-0.4, -0.2) is 22.6 Å². The molecule has 0 aliphatic heterocycles. The Hall–Kier alpha value is -3.45. The van der Waals surface area contributed by atoms with Gasteiger partial charge >= 0.3 is 0 Å². The minimum absolute atomic E-state index is 0.0902. The van der Waals surface area contributed by atoms with Crippen molar-refractivity contribution in [3.8, 4) is 16.9 Å². The number of methoxy groups -OCH3 is 1. The van der Waals surface area contributed by atoms with Gasteiger partial charge in [0.05, 0.1) is 19.0 Å². The predicted molar refractivity (Wildman–Crippen MR) is 120 cm³/mol. The van der Waals surface area contributed by atoms with E-state index in [0.29, 0.717) is 15.9 Å². The molecule has 0 aliphatic carbocycles. The molecule has 0 bridgehead atoms. The molecule has 0 aliphatic rings. The fourth-order valence-corrected chi connectivity index (χ4v) is 4.18. The number of hydrogen-bond acceptors (Lipinski definition) is 5. The van der Waals surface area contributed by atoms with E-state index in [1.807, 2.05) is 53.9 Å². The third-order valence-electron chi connectivity index (χ3n) is 4.91. The Labute approximate surface area is 177 Å². The van der Waals surface area contributed by atoms with Gasteiger partial charge in [-0.3, -0.25) is 14.2 Å².